The molecule has 6 heteroatoms. The molecule has 4 rings (SSSR count). The number of rotatable bonds is 2. The highest BCUT2D eigenvalue weighted by Gasteiger charge is 2.28. The Bertz CT molecular complexity index is 880. The summed E-state index contributed by atoms with van der Waals surface area (Å²) in [5, 5.41) is 4.82. The Morgan fingerprint density at radius 1 is 1.43 bits per heavy atom. The minimum Gasteiger partial charge on any atom is -0.348 e. The lowest BCUT2D eigenvalue weighted by atomic mass is 10.1. The molecule has 0 aromatic carbocycles. The van der Waals surface area contributed by atoms with E-state index in [1.54, 1.807) is 6.20 Å². The van der Waals surface area contributed by atoms with Gasteiger partial charge in [-0.05, 0) is 31.5 Å². The van der Waals surface area contributed by atoms with Crippen LogP contribution in [0, 0.1) is 0 Å². The maximum absolute atomic E-state index is 12.9. The van der Waals surface area contributed by atoms with Crippen LogP contribution in [0.4, 0.5) is 0 Å². The van der Waals surface area contributed by atoms with Gasteiger partial charge in [0, 0.05) is 31.2 Å². The van der Waals surface area contributed by atoms with E-state index >= 15 is 0 Å². The van der Waals surface area contributed by atoms with E-state index in [2.05, 4.69) is 33.9 Å². The third-order valence-electron chi connectivity index (χ3n) is 4.59. The van der Waals surface area contributed by atoms with Crippen molar-refractivity contribution in [1.29, 1.82) is 0 Å². The third kappa shape index (κ3) is 2.13. The van der Waals surface area contributed by atoms with Crippen molar-refractivity contribution in [2.75, 3.05) is 6.54 Å². The summed E-state index contributed by atoms with van der Waals surface area (Å²) in [7, 11) is 0. The van der Waals surface area contributed by atoms with Crippen molar-refractivity contribution in [2.24, 2.45) is 0 Å². The van der Waals surface area contributed by atoms with E-state index in [-0.39, 0.29) is 11.9 Å². The number of hydrogen-bond donors (Lipinski definition) is 0. The summed E-state index contributed by atoms with van der Waals surface area (Å²) in [6.45, 7) is 5.59. The fourth-order valence-electron chi connectivity index (χ4n) is 3.27. The average molecular weight is 310 g/mol. The van der Waals surface area contributed by atoms with E-state index in [1.807, 2.05) is 24.0 Å². The summed E-state index contributed by atoms with van der Waals surface area (Å²) in [4.78, 5) is 19.1. The van der Waals surface area contributed by atoms with Gasteiger partial charge in [0.15, 0.2) is 0 Å². The number of amides is 1. The largest absolute Gasteiger partial charge is 0.348 e. The molecule has 6 nitrogen and oxygen atoms in total. The van der Waals surface area contributed by atoms with Crippen LogP contribution in [-0.2, 0) is 13.0 Å². The van der Waals surface area contributed by atoms with Crippen molar-refractivity contribution in [2.45, 2.75) is 32.9 Å². The zero-order chi connectivity index (χ0) is 16.0. The lowest BCUT2D eigenvalue weighted by Crippen LogP contribution is -2.40. The Morgan fingerprint density at radius 3 is 3.13 bits per heavy atom. The molecule has 118 valence electrons. The Balaban J connectivity index is 1.69. The number of aromatic nitrogens is 3. The summed E-state index contributed by atoms with van der Waals surface area (Å²) in [5.41, 5.74) is 3.07. The highest BCUT2D eigenvalue weighted by atomic mass is 16.5. The highest BCUT2D eigenvalue weighted by Crippen LogP contribution is 2.27. The number of carbonyl (C=O) groups is 1. The second-order valence-electron chi connectivity index (χ2n) is 5.86. The van der Waals surface area contributed by atoms with E-state index in [4.69, 9.17) is 4.52 Å². The van der Waals surface area contributed by atoms with Crippen LogP contribution in [0.15, 0.2) is 35.1 Å². The van der Waals surface area contributed by atoms with Crippen molar-refractivity contribution < 1.29 is 9.32 Å². The molecule has 1 unspecified atom stereocenters. The van der Waals surface area contributed by atoms with Crippen LogP contribution in [-0.4, -0.2) is 32.1 Å². The molecule has 0 aliphatic carbocycles. The maximum Gasteiger partial charge on any atom is 0.257 e. The number of nitrogens with zero attached hydrogens (tertiary/aromatic N) is 4. The number of fused-ring (bicyclic) bond motifs is 2. The van der Waals surface area contributed by atoms with Gasteiger partial charge in [0.05, 0.1) is 22.7 Å². The number of aryl methyl sites for hydroxylation is 1. The Morgan fingerprint density at radius 2 is 2.30 bits per heavy atom. The first-order valence-corrected chi connectivity index (χ1v) is 7.89. The first-order valence-electron chi connectivity index (χ1n) is 7.89. The van der Waals surface area contributed by atoms with Gasteiger partial charge in [-0.25, -0.2) is 4.98 Å². The van der Waals surface area contributed by atoms with Crippen LogP contribution in [0.5, 0.6) is 0 Å². The summed E-state index contributed by atoms with van der Waals surface area (Å²) in [6.07, 6.45) is 4.39. The predicted molar refractivity (Wildman–Crippen MR) is 85.1 cm³/mol. The maximum atomic E-state index is 12.9. The Kier molecular flexibility index (Phi) is 3.18. The van der Waals surface area contributed by atoms with Crippen LogP contribution in [0.1, 0.15) is 41.6 Å². The Hall–Kier alpha value is -2.63. The van der Waals surface area contributed by atoms with E-state index in [0.29, 0.717) is 17.8 Å². The molecule has 1 aliphatic rings. The molecule has 1 amide bonds. The topological polar surface area (TPSA) is 64.2 Å². The fourth-order valence-corrected chi connectivity index (χ4v) is 3.27. The first-order chi connectivity index (χ1) is 11.2. The molecule has 3 aromatic heterocycles. The summed E-state index contributed by atoms with van der Waals surface area (Å²) in [6, 6.07) is 5.99. The monoisotopic (exact) mass is 310 g/mol. The van der Waals surface area contributed by atoms with Crippen molar-refractivity contribution in [1.82, 2.24) is 19.6 Å². The summed E-state index contributed by atoms with van der Waals surface area (Å²) < 4.78 is 7.39. The molecule has 0 fully saturated rings. The minimum atomic E-state index is 0.00241. The van der Waals surface area contributed by atoms with Gasteiger partial charge in [-0.15, -0.1) is 0 Å². The van der Waals surface area contributed by atoms with Gasteiger partial charge in [-0.2, -0.15) is 0 Å². The van der Waals surface area contributed by atoms with Crippen LogP contribution in [0.25, 0.3) is 11.1 Å². The molecule has 0 saturated carbocycles. The standard InChI is InChI=1S/C17H18N4O2/c1-3-14-13-9-12(10-18-16(13)23-19-14)17(22)21-8-7-20-6-4-5-15(20)11(21)2/h4-6,9-11H,3,7-8H2,1-2H3. The SMILES string of the molecule is CCc1noc2ncc(C(=O)N3CCn4cccc4C3C)cc12. The lowest BCUT2D eigenvalue weighted by Gasteiger charge is -2.35. The normalized spacial score (nSPS) is 17.5. The van der Waals surface area contributed by atoms with Gasteiger partial charge in [-0.1, -0.05) is 12.1 Å². The molecule has 0 spiro atoms. The van der Waals surface area contributed by atoms with E-state index in [0.717, 1.165) is 29.7 Å². The van der Waals surface area contributed by atoms with Crippen LogP contribution in [0.3, 0.4) is 0 Å². The molecule has 0 radical (unpaired) electrons. The molecule has 3 aromatic rings. The lowest BCUT2D eigenvalue weighted by molar-refractivity contribution is 0.0644. The zero-order valence-corrected chi connectivity index (χ0v) is 13.2. The van der Waals surface area contributed by atoms with Gasteiger partial charge in [0.1, 0.15) is 0 Å². The van der Waals surface area contributed by atoms with Crippen LogP contribution >= 0.6 is 0 Å². The van der Waals surface area contributed by atoms with Gasteiger partial charge in [0.2, 0.25) is 0 Å². The van der Waals surface area contributed by atoms with E-state index < -0.39 is 0 Å². The van der Waals surface area contributed by atoms with Gasteiger partial charge in [-0.3, -0.25) is 4.79 Å². The molecule has 4 heterocycles. The van der Waals surface area contributed by atoms with Crippen molar-refractivity contribution in [3.05, 3.63) is 47.5 Å². The van der Waals surface area contributed by atoms with E-state index in [9.17, 15) is 4.79 Å². The van der Waals surface area contributed by atoms with Gasteiger partial charge in [0.25, 0.3) is 11.6 Å². The second kappa shape index (κ2) is 5.22. The number of hydrogen-bond acceptors (Lipinski definition) is 4. The minimum absolute atomic E-state index is 0.00241. The highest BCUT2D eigenvalue weighted by molar-refractivity contribution is 5.97. The number of pyridine rings is 1. The Labute approximate surface area is 133 Å². The van der Waals surface area contributed by atoms with Crippen molar-refractivity contribution in [3.63, 3.8) is 0 Å². The fraction of sp³-hybridized carbons (Fsp3) is 0.353. The smallest absolute Gasteiger partial charge is 0.257 e. The summed E-state index contributed by atoms with van der Waals surface area (Å²) >= 11 is 0. The molecule has 0 N–H and O–H groups in total. The molecule has 1 aliphatic heterocycles. The average Bonchev–Trinajstić information content (AvgIpc) is 3.20. The molecular formula is C17H18N4O2. The van der Waals surface area contributed by atoms with Crippen molar-refractivity contribution >= 4 is 17.0 Å². The molecule has 23 heavy (non-hydrogen) atoms. The number of carbonyl (C=O) groups excluding carboxylic acids is 1. The first kappa shape index (κ1) is 14.0. The van der Waals surface area contributed by atoms with E-state index in [1.165, 1.54) is 0 Å². The third-order valence-corrected chi connectivity index (χ3v) is 4.59. The zero-order valence-electron chi connectivity index (χ0n) is 13.2. The van der Waals surface area contributed by atoms with Crippen LogP contribution < -0.4 is 0 Å². The molecule has 1 atom stereocenters. The molecular weight excluding hydrogens is 292 g/mol. The quantitative estimate of drug-likeness (QED) is 0.730. The summed E-state index contributed by atoms with van der Waals surface area (Å²) in [5.74, 6) is 0.00241. The molecule has 0 bridgehead atoms. The van der Waals surface area contributed by atoms with Gasteiger partial charge >= 0.3 is 0 Å². The van der Waals surface area contributed by atoms with Crippen molar-refractivity contribution in [3.8, 4) is 0 Å². The van der Waals surface area contributed by atoms with Gasteiger partial charge < -0.3 is 14.0 Å². The predicted octanol–water partition coefficient (Wildman–Crippen LogP) is 2.80. The second-order valence-corrected chi connectivity index (χ2v) is 5.86. The molecule has 0 saturated heterocycles. The van der Waals surface area contributed by atoms with Crippen LogP contribution in [0.2, 0.25) is 0 Å².